The van der Waals surface area contributed by atoms with E-state index >= 15 is 0 Å². The van der Waals surface area contributed by atoms with Gasteiger partial charge in [0.1, 0.15) is 5.82 Å². The Morgan fingerprint density at radius 2 is 2.14 bits per heavy atom. The van der Waals surface area contributed by atoms with Crippen LogP contribution in [0.2, 0.25) is 0 Å². The molecule has 78 valence electrons. The lowest BCUT2D eigenvalue weighted by Crippen LogP contribution is -2.17. The van der Waals surface area contributed by atoms with E-state index in [9.17, 15) is 5.11 Å². The van der Waals surface area contributed by atoms with E-state index in [-0.39, 0.29) is 0 Å². The van der Waals surface area contributed by atoms with Crippen LogP contribution in [0.5, 0.6) is 0 Å². The highest BCUT2D eigenvalue weighted by Gasteiger charge is 2.07. The van der Waals surface area contributed by atoms with Gasteiger partial charge in [0.15, 0.2) is 0 Å². The molecule has 0 aliphatic rings. The molecule has 0 aliphatic carbocycles. The summed E-state index contributed by atoms with van der Waals surface area (Å²) in [6, 6.07) is 3.88. The van der Waals surface area contributed by atoms with Crippen molar-refractivity contribution >= 4 is 5.82 Å². The van der Waals surface area contributed by atoms with Gasteiger partial charge in [0.05, 0.1) is 6.10 Å². The molecule has 3 nitrogen and oxygen atoms in total. The molecule has 0 amide bonds. The number of hydrogen-bond acceptors (Lipinski definition) is 3. The van der Waals surface area contributed by atoms with E-state index in [4.69, 9.17) is 0 Å². The first kappa shape index (κ1) is 11.0. The lowest BCUT2D eigenvalue weighted by molar-refractivity contribution is 0.198. The van der Waals surface area contributed by atoms with Crippen LogP contribution in [0.15, 0.2) is 12.1 Å². The summed E-state index contributed by atoms with van der Waals surface area (Å²) in [6.45, 7) is 6.70. The fraction of sp³-hybridized carbons (Fsp3) is 0.545. The number of hydrogen-bond donors (Lipinski definition) is 1. The minimum Gasteiger partial charge on any atom is -0.389 e. The molecule has 1 N–H and O–H groups in total. The second-order valence-corrected chi connectivity index (χ2v) is 3.53. The number of aliphatic hydroxyl groups excluding tert-OH is 1. The van der Waals surface area contributed by atoms with E-state index < -0.39 is 6.10 Å². The van der Waals surface area contributed by atoms with Crippen LogP contribution in [0.25, 0.3) is 0 Å². The summed E-state index contributed by atoms with van der Waals surface area (Å²) in [5, 5.41) is 9.44. The van der Waals surface area contributed by atoms with Crippen LogP contribution in [-0.4, -0.2) is 23.7 Å². The highest BCUT2D eigenvalue weighted by Crippen LogP contribution is 2.18. The fourth-order valence-corrected chi connectivity index (χ4v) is 1.37. The summed E-state index contributed by atoms with van der Waals surface area (Å²) in [7, 11) is 2.00. The highest BCUT2D eigenvalue weighted by atomic mass is 16.3. The Hall–Kier alpha value is -1.09. The molecule has 1 atom stereocenters. The molecule has 0 saturated heterocycles. The molecule has 0 spiro atoms. The lowest BCUT2D eigenvalue weighted by Gasteiger charge is -2.17. The van der Waals surface area contributed by atoms with Crippen LogP contribution in [0.1, 0.15) is 31.2 Å². The van der Waals surface area contributed by atoms with Gasteiger partial charge in [0.2, 0.25) is 0 Å². The Labute approximate surface area is 85.4 Å². The van der Waals surface area contributed by atoms with Crippen molar-refractivity contribution in [3.8, 4) is 0 Å². The minimum absolute atomic E-state index is 0.441. The van der Waals surface area contributed by atoms with Crippen LogP contribution in [0.4, 0.5) is 5.82 Å². The molecule has 0 aliphatic heterocycles. The molecule has 14 heavy (non-hydrogen) atoms. The lowest BCUT2D eigenvalue weighted by atomic mass is 10.1. The van der Waals surface area contributed by atoms with Crippen LogP contribution >= 0.6 is 0 Å². The monoisotopic (exact) mass is 194 g/mol. The molecule has 1 aromatic heterocycles. The summed E-state index contributed by atoms with van der Waals surface area (Å²) in [5.41, 5.74) is 1.80. The zero-order valence-electron chi connectivity index (χ0n) is 9.28. The molecule has 0 bridgehead atoms. The van der Waals surface area contributed by atoms with E-state index in [2.05, 4.69) is 16.8 Å². The van der Waals surface area contributed by atoms with Gasteiger partial charge in [-0.25, -0.2) is 4.98 Å². The summed E-state index contributed by atoms with van der Waals surface area (Å²) in [5.74, 6) is 0.953. The molecule has 1 heterocycles. The van der Waals surface area contributed by atoms with Gasteiger partial charge < -0.3 is 10.0 Å². The SMILES string of the molecule is CCN(C)c1ccc([C@H](C)O)c(C)n1. The van der Waals surface area contributed by atoms with E-state index in [0.29, 0.717) is 0 Å². The quantitative estimate of drug-likeness (QED) is 0.798. The zero-order valence-corrected chi connectivity index (χ0v) is 9.28. The molecule has 0 saturated carbocycles. The van der Waals surface area contributed by atoms with E-state index in [1.165, 1.54) is 0 Å². The number of anilines is 1. The van der Waals surface area contributed by atoms with Gasteiger partial charge in [0, 0.05) is 24.8 Å². The standard InChI is InChI=1S/C11H18N2O/c1-5-13(4)11-7-6-10(9(3)14)8(2)12-11/h6-7,9,14H,5H2,1-4H3/t9-/m0/s1. The summed E-state index contributed by atoms with van der Waals surface area (Å²) in [6.07, 6.45) is -0.441. The minimum atomic E-state index is -0.441. The second-order valence-electron chi connectivity index (χ2n) is 3.53. The van der Waals surface area contributed by atoms with Gasteiger partial charge >= 0.3 is 0 Å². The van der Waals surface area contributed by atoms with Crippen molar-refractivity contribution < 1.29 is 5.11 Å². The maximum atomic E-state index is 9.44. The van der Waals surface area contributed by atoms with Crippen molar-refractivity contribution in [1.29, 1.82) is 0 Å². The van der Waals surface area contributed by atoms with Gasteiger partial charge in [-0.2, -0.15) is 0 Å². The molecule has 0 fully saturated rings. The molecule has 0 aromatic carbocycles. The third-order valence-corrected chi connectivity index (χ3v) is 2.43. The van der Waals surface area contributed by atoms with Gasteiger partial charge in [0.25, 0.3) is 0 Å². The van der Waals surface area contributed by atoms with Gasteiger partial charge in [-0.3, -0.25) is 0 Å². The number of rotatable bonds is 3. The maximum Gasteiger partial charge on any atom is 0.128 e. The first-order chi connectivity index (χ1) is 6.56. The van der Waals surface area contributed by atoms with Crippen LogP contribution in [0, 0.1) is 6.92 Å². The van der Waals surface area contributed by atoms with E-state index in [0.717, 1.165) is 23.6 Å². The number of nitrogens with zero attached hydrogens (tertiary/aromatic N) is 2. The fourth-order valence-electron chi connectivity index (χ4n) is 1.37. The Balaban J connectivity index is 3.00. The van der Waals surface area contributed by atoms with Crippen LogP contribution in [-0.2, 0) is 0 Å². The molecular weight excluding hydrogens is 176 g/mol. The average molecular weight is 194 g/mol. The second kappa shape index (κ2) is 4.42. The van der Waals surface area contributed by atoms with Crippen LogP contribution in [0.3, 0.4) is 0 Å². The first-order valence-electron chi connectivity index (χ1n) is 4.93. The smallest absolute Gasteiger partial charge is 0.128 e. The molecule has 1 aromatic rings. The van der Waals surface area contributed by atoms with Crippen molar-refractivity contribution in [2.75, 3.05) is 18.5 Å². The van der Waals surface area contributed by atoms with E-state index in [1.54, 1.807) is 6.92 Å². The normalized spacial score (nSPS) is 12.6. The molecular formula is C11H18N2O. The largest absolute Gasteiger partial charge is 0.389 e. The highest BCUT2D eigenvalue weighted by molar-refractivity contribution is 5.41. The summed E-state index contributed by atoms with van der Waals surface area (Å²) >= 11 is 0. The van der Waals surface area contributed by atoms with Gasteiger partial charge in [-0.1, -0.05) is 6.07 Å². The average Bonchev–Trinajstić information content (AvgIpc) is 2.15. The van der Waals surface area contributed by atoms with Gasteiger partial charge in [-0.15, -0.1) is 0 Å². The molecule has 0 radical (unpaired) electrons. The summed E-state index contributed by atoms with van der Waals surface area (Å²) in [4.78, 5) is 6.50. The molecule has 0 unspecified atom stereocenters. The molecule has 3 heteroatoms. The number of pyridine rings is 1. The van der Waals surface area contributed by atoms with E-state index in [1.807, 2.05) is 26.1 Å². The van der Waals surface area contributed by atoms with Crippen molar-refractivity contribution in [2.24, 2.45) is 0 Å². The van der Waals surface area contributed by atoms with Crippen molar-refractivity contribution in [1.82, 2.24) is 4.98 Å². The molecule has 1 rings (SSSR count). The third kappa shape index (κ3) is 2.23. The third-order valence-electron chi connectivity index (χ3n) is 2.43. The number of aliphatic hydroxyl groups is 1. The first-order valence-corrected chi connectivity index (χ1v) is 4.93. The number of aryl methyl sites for hydroxylation is 1. The maximum absolute atomic E-state index is 9.44. The Kier molecular flexibility index (Phi) is 3.47. The van der Waals surface area contributed by atoms with Gasteiger partial charge in [-0.05, 0) is 26.8 Å². The van der Waals surface area contributed by atoms with Crippen molar-refractivity contribution in [3.05, 3.63) is 23.4 Å². The predicted octanol–water partition coefficient (Wildman–Crippen LogP) is 1.90. The number of aromatic nitrogens is 1. The Bertz CT molecular complexity index is 310. The van der Waals surface area contributed by atoms with Crippen molar-refractivity contribution in [3.63, 3.8) is 0 Å². The predicted molar refractivity (Wildman–Crippen MR) is 58.6 cm³/mol. The topological polar surface area (TPSA) is 36.4 Å². The van der Waals surface area contributed by atoms with Crippen LogP contribution < -0.4 is 4.90 Å². The summed E-state index contributed by atoms with van der Waals surface area (Å²) < 4.78 is 0. The Morgan fingerprint density at radius 1 is 1.50 bits per heavy atom. The Morgan fingerprint density at radius 3 is 2.57 bits per heavy atom. The zero-order chi connectivity index (χ0) is 10.7. The van der Waals surface area contributed by atoms with Crippen molar-refractivity contribution in [2.45, 2.75) is 26.9 Å².